The van der Waals surface area contributed by atoms with Crippen molar-refractivity contribution in [1.29, 1.82) is 0 Å². The molecule has 178 valence electrons. The number of aromatic nitrogens is 2. The number of para-hydroxylation sites is 2. The van der Waals surface area contributed by atoms with Gasteiger partial charge in [-0.1, -0.05) is 30.3 Å². The van der Waals surface area contributed by atoms with Gasteiger partial charge in [0.15, 0.2) is 5.16 Å². The highest BCUT2D eigenvalue weighted by Crippen LogP contribution is 2.49. The summed E-state index contributed by atoms with van der Waals surface area (Å²) in [4.78, 5) is 28.3. The Kier molecular flexibility index (Phi) is 6.20. The number of nitro groups is 1. The normalized spacial score (nSPS) is 22.1. The molecule has 1 heterocycles. The first kappa shape index (κ1) is 22.7. The highest BCUT2D eigenvalue weighted by atomic mass is 32.2. The molecule has 1 amide bonds. The van der Waals surface area contributed by atoms with E-state index in [1.807, 2.05) is 28.8 Å². The van der Waals surface area contributed by atoms with Crippen molar-refractivity contribution in [1.82, 2.24) is 14.9 Å². The molecule has 2 aliphatic carbocycles. The number of nitro benzene ring substituents is 1. The molecule has 5 rings (SSSR count). The minimum absolute atomic E-state index is 0.0221. The summed E-state index contributed by atoms with van der Waals surface area (Å²) in [6.45, 7) is 2.12. The van der Waals surface area contributed by atoms with Crippen molar-refractivity contribution in [3.05, 3.63) is 52.6 Å². The molecule has 2 aliphatic rings. The van der Waals surface area contributed by atoms with Gasteiger partial charge in [-0.2, -0.15) is 0 Å². The van der Waals surface area contributed by atoms with Crippen LogP contribution in [0, 0.1) is 27.9 Å². The van der Waals surface area contributed by atoms with E-state index in [0.29, 0.717) is 27.9 Å². The van der Waals surface area contributed by atoms with Crippen molar-refractivity contribution < 1.29 is 14.5 Å². The van der Waals surface area contributed by atoms with Crippen LogP contribution >= 0.6 is 11.8 Å². The van der Waals surface area contributed by atoms with Crippen molar-refractivity contribution in [2.24, 2.45) is 17.8 Å². The first-order chi connectivity index (χ1) is 16.4. The molecule has 3 aromatic rings. The highest BCUT2D eigenvalue weighted by molar-refractivity contribution is 7.99. The number of carbonyl (C=O) groups is 1. The molecule has 0 radical (unpaired) electrons. The number of thioether (sulfide) groups is 1. The molecular formula is C25H28N4O4S. The number of fused-ring (bicyclic) bond motifs is 3. The number of benzene rings is 2. The molecule has 1 aromatic heterocycles. The van der Waals surface area contributed by atoms with Crippen molar-refractivity contribution in [3.63, 3.8) is 0 Å². The standard InChI is InChI=1S/C25H28N4O4S/c1-15(19-12-16-7-8-17(19)11-16)26-24(30)14-34-25-27-20-13-18(29(31)32)9-10-21(20)28(25)22-5-3-4-6-23(22)33-2/h3-6,9-10,13,15-17,19H,7-8,11-12,14H2,1-2H3,(H,26,30)/t15-,16+,17+,19-/m1/s1. The number of rotatable bonds is 8. The van der Waals surface area contributed by atoms with Gasteiger partial charge in [0.25, 0.3) is 5.69 Å². The van der Waals surface area contributed by atoms with Crippen LogP contribution in [0.1, 0.15) is 32.6 Å². The number of imidazole rings is 1. The molecule has 8 nitrogen and oxygen atoms in total. The summed E-state index contributed by atoms with van der Waals surface area (Å²) in [5.41, 5.74) is 1.96. The third-order valence-corrected chi connectivity index (χ3v) is 8.24. The minimum atomic E-state index is -0.432. The molecule has 0 spiro atoms. The molecule has 9 heteroatoms. The van der Waals surface area contributed by atoms with E-state index in [1.165, 1.54) is 49.6 Å². The zero-order valence-corrected chi connectivity index (χ0v) is 20.1. The number of carbonyl (C=O) groups excluding carboxylic acids is 1. The molecule has 1 N–H and O–H groups in total. The topological polar surface area (TPSA) is 99.3 Å². The third-order valence-electron chi connectivity index (χ3n) is 7.30. The van der Waals surface area contributed by atoms with Crippen LogP contribution in [0.2, 0.25) is 0 Å². The molecule has 0 saturated heterocycles. The summed E-state index contributed by atoms with van der Waals surface area (Å²) in [5.74, 6) is 3.01. The van der Waals surface area contributed by atoms with Crippen LogP contribution in [0.5, 0.6) is 5.75 Å². The predicted molar refractivity (Wildman–Crippen MR) is 132 cm³/mol. The van der Waals surface area contributed by atoms with Crippen molar-refractivity contribution in [3.8, 4) is 11.4 Å². The average molecular weight is 481 g/mol. The maximum absolute atomic E-state index is 12.8. The molecule has 2 fully saturated rings. The van der Waals surface area contributed by atoms with Crippen LogP contribution in [0.4, 0.5) is 5.69 Å². The van der Waals surface area contributed by atoms with Gasteiger partial charge in [-0.05, 0) is 62.1 Å². The Hall–Kier alpha value is -3.07. The van der Waals surface area contributed by atoms with E-state index in [0.717, 1.165) is 17.5 Å². The molecular weight excluding hydrogens is 452 g/mol. The number of hydrogen-bond donors (Lipinski definition) is 1. The third kappa shape index (κ3) is 4.24. The number of hydrogen-bond acceptors (Lipinski definition) is 6. The summed E-state index contributed by atoms with van der Waals surface area (Å²) in [6, 6.07) is 12.3. The Morgan fingerprint density at radius 3 is 2.82 bits per heavy atom. The smallest absolute Gasteiger partial charge is 0.271 e. The van der Waals surface area contributed by atoms with E-state index in [9.17, 15) is 14.9 Å². The number of ether oxygens (including phenoxy) is 1. The van der Waals surface area contributed by atoms with Gasteiger partial charge in [-0.3, -0.25) is 19.5 Å². The summed E-state index contributed by atoms with van der Waals surface area (Å²) < 4.78 is 7.45. The lowest BCUT2D eigenvalue weighted by molar-refractivity contribution is -0.384. The summed E-state index contributed by atoms with van der Waals surface area (Å²) in [6.07, 6.45) is 5.17. The zero-order valence-electron chi connectivity index (χ0n) is 19.3. The maximum Gasteiger partial charge on any atom is 0.271 e. The predicted octanol–water partition coefficient (Wildman–Crippen LogP) is 4.98. The van der Waals surface area contributed by atoms with E-state index in [4.69, 9.17) is 4.74 Å². The first-order valence-corrected chi connectivity index (χ1v) is 12.7. The van der Waals surface area contributed by atoms with Gasteiger partial charge in [0, 0.05) is 18.2 Å². The van der Waals surface area contributed by atoms with E-state index in [-0.39, 0.29) is 23.4 Å². The fraction of sp³-hybridized carbons (Fsp3) is 0.440. The van der Waals surface area contributed by atoms with Gasteiger partial charge in [0.1, 0.15) is 5.75 Å². The fourth-order valence-electron chi connectivity index (χ4n) is 5.74. The average Bonchev–Trinajstić information content (AvgIpc) is 3.56. The summed E-state index contributed by atoms with van der Waals surface area (Å²) >= 11 is 1.32. The molecule has 2 bridgehead atoms. The van der Waals surface area contributed by atoms with Crippen molar-refractivity contribution >= 4 is 34.4 Å². The molecule has 0 aliphatic heterocycles. The lowest BCUT2D eigenvalue weighted by atomic mass is 9.84. The second-order valence-corrected chi connectivity index (χ2v) is 10.3. The van der Waals surface area contributed by atoms with E-state index < -0.39 is 4.92 Å². The fourth-order valence-corrected chi connectivity index (χ4v) is 6.58. The van der Waals surface area contributed by atoms with E-state index in [1.54, 1.807) is 13.2 Å². The summed E-state index contributed by atoms with van der Waals surface area (Å²) in [7, 11) is 1.60. The van der Waals surface area contributed by atoms with Gasteiger partial charge in [-0.25, -0.2) is 4.98 Å². The lowest BCUT2D eigenvalue weighted by Crippen LogP contribution is -2.40. The Balaban J connectivity index is 1.39. The van der Waals surface area contributed by atoms with Gasteiger partial charge < -0.3 is 10.1 Å². The van der Waals surface area contributed by atoms with Gasteiger partial charge >= 0.3 is 0 Å². The molecule has 2 aromatic carbocycles. The SMILES string of the molecule is COc1ccccc1-n1c(SCC(=O)N[C@H](C)[C@H]2C[C@H]3CC[C@H]2C3)nc2cc([N+](=O)[O-])ccc21. The van der Waals surface area contributed by atoms with Gasteiger partial charge in [0.2, 0.25) is 5.91 Å². The van der Waals surface area contributed by atoms with E-state index >= 15 is 0 Å². The van der Waals surface area contributed by atoms with Gasteiger partial charge in [-0.15, -0.1) is 0 Å². The van der Waals surface area contributed by atoms with Crippen LogP contribution in [0.3, 0.4) is 0 Å². The molecule has 4 atom stereocenters. The van der Waals surface area contributed by atoms with Crippen LogP contribution in [0.25, 0.3) is 16.7 Å². The zero-order chi connectivity index (χ0) is 23.8. The summed E-state index contributed by atoms with van der Waals surface area (Å²) in [5, 5.41) is 15.1. The number of nitrogens with zero attached hydrogens (tertiary/aromatic N) is 3. The monoisotopic (exact) mass is 480 g/mol. The Labute approximate surface area is 202 Å². The van der Waals surface area contributed by atoms with Crippen molar-refractivity contribution in [2.75, 3.05) is 12.9 Å². The Bertz CT molecular complexity index is 1240. The van der Waals surface area contributed by atoms with Crippen LogP contribution in [-0.4, -0.2) is 39.3 Å². The maximum atomic E-state index is 12.8. The second kappa shape index (κ2) is 9.29. The van der Waals surface area contributed by atoms with Crippen LogP contribution < -0.4 is 10.1 Å². The van der Waals surface area contributed by atoms with Crippen LogP contribution in [0.15, 0.2) is 47.6 Å². The number of nitrogens with one attached hydrogen (secondary N) is 1. The quantitative estimate of drug-likeness (QED) is 0.277. The second-order valence-electron chi connectivity index (χ2n) is 9.32. The molecule has 0 unspecified atom stereocenters. The van der Waals surface area contributed by atoms with E-state index in [2.05, 4.69) is 17.2 Å². The first-order valence-electron chi connectivity index (χ1n) is 11.7. The number of non-ortho nitro benzene ring substituents is 1. The number of methoxy groups -OCH3 is 1. The Morgan fingerprint density at radius 2 is 2.12 bits per heavy atom. The van der Waals surface area contributed by atoms with Gasteiger partial charge in [0.05, 0.1) is 34.5 Å². The molecule has 2 saturated carbocycles. The number of amides is 1. The lowest BCUT2D eigenvalue weighted by Gasteiger charge is -2.28. The minimum Gasteiger partial charge on any atom is -0.495 e. The van der Waals surface area contributed by atoms with Crippen molar-refractivity contribution in [2.45, 2.75) is 43.8 Å². The molecule has 34 heavy (non-hydrogen) atoms. The largest absolute Gasteiger partial charge is 0.495 e. The Morgan fingerprint density at radius 1 is 1.29 bits per heavy atom. The van der Waals surface area contributed by atoms with Crippen LogP contribution in [-0.2, 0) is 4.79 Å². The highest BCUT2D eigenvalue weighted by Gasteiger charge is 2.42.